The summed E-state index contributed by atoms with van der Waals surface area (Å²) in [5.74, 6) is 0.421. The smallest absolute Gasteiger partial charge is 0.160 e. The Morgan fingerprint density at radius 2 is 2.15 bits per heavy atom. The highest BCUT2D eigenvalue weighted by Crippen LogP contribution is 2.55. The lowest BCUT2D eigenvalue weighted by molar-refractivity contribution is -0.116. The molecule has 1 atom stereocenters. The van der Waals surface area contributed by atoms with Gasteiger partial charge in [0.2, 0.25) is 0 Å². The first-order chi connectivity index (χ1) is 6.12. The van der Waals surface area contributed by atoms with Crippen molar-refractivity contribution in [2.45, 2.75) is 51.1 Å². The Balaban J connectivity index is 1.99. The second-order valence-electron chi connectivity index (χ2n) is 4.95. The summed E-state index contributed by atoms with van der Waals surface area (Å²) in [5.41, 5.74) is 2.90. The first-order valence-corrected chi connectivity index (χ1v) is 5.17. The molecule has 0 aromatic heterocycles. The number of nitrogens with zero attached hydrogens (tertiary/aromatic N) is 1. The number of hydrogen-bond acceptors (Lipinski definition) is 2. The molecule has 0 aromatic carbocycles. The van der Waals surface area contributed by atoms with Crippen molar-refractivity contribution < 1.29 is 4.79 Å². The van der Waals surface area contributed by atoms with Gasteiger partial charge in [0.15, 0.2) is 5.78 Å². The average molecular weight is 177 g/mol. The molecule has 0 aromatic rings. The van der Waals surface area contributed by atoms with Crippen LogP contribution in [0.5, 0.6) is 0 Å². The van der Waals surface area contributed by atoms with Gasteiger partial charge in [-0.3, -0.25) is 4.79 Å². The number of ketones is 1. The van der Waals surface area contributed by atoms with Crippen LogP contribution in [-0.2, 0) is 4.79 Å². The number of hydrogen-bond donors (Lipinski definition) is 0. The summed E-state index contributed by atoms with van der Waals surface area (Å²) in [6.45, 7) is 4.56. The Kier molecular flexibility index (Phi) is 1.17. The molecule has 2 nitrogen and oxygen atoms in total. The summed E-state index contributed by atoms with van der Waals surface area (Å²) >= 11 is 0. The van der Waals surface area contributed by atoms with Gasteiger partial charge in [-0.25, -0.2) is 0 Å². The molecular weight excluding hydrogens is 162 g/mol. The summed E-state index contributed by atoms with van der Waals surface area (Å²) in [6, 6.07) is 0.652. The number of carbonyl (C=O) groups is 1. The third kappa shape index (κ3) is 0.767. The van der Waals surface area contributed by atoms with Crippen LogP contribution in [0.2, 0.25) is 0 Å². The first kappa shape index (κ1) is 7.60. The molecule has 1 fully saturated rings. The van der Waals surface area contributed by atoms with Gasteiger partial charge in [0.05, 0.1) is 11.6 Å². The van der Waals surface area contributed by atoms with E-state index in [0.717, 1.165) is 31.3 Å². The lowest BCUT2D eigenvalue weighted by atomic mass is 9.90. The molecular formula is C11H15NO. The summed E-state index contributed by atoms with van der Waals surface area (Å²) in [4.78, 5) is 14.0. The van der Waals surface area contributed by atoms with E-state index in [1.54, 1.807) is 0 Å². The van der Waals surface area contributed by atoms with Gasteiger partial charge in [-0.1, -0.05) is 0 Å². The Morgan fingerprint density at radius 3 is 2.92 bits per heavy atom. The van der Waals surface area contributed by atoms with Crippen LogP contribution in [0.25, 0.3) is 0 Å². The minimum absolute atomic E-state index is 0.358. The van der Waals surface area contributed by atoms with E-state index in [2.05, 4.69) is 18.7 Å². The van der Waals surface area contributed by atoms with Crippen molar-refractivity contribution in [1.82, 2.24) is 4.90 Å². The maximum absolute atomic E-state index is 11.6. The van der Waals surface area contributed by atoms with Crippen LogP contribution in [-0.4, -0.2) is 22.3 Å². The SMILES string of the molecule is CC1(C)[C@@H]2CC3=C(CCCC3=O)N21. The number of allylic oxidation sites excluding steroid dienone is 1. The molecule has 0 amide bonds. The van der Waals surface area contributed by atoms with E-state index in [0.29, 0.717) is 17.4 Å². The second kappa shape index (κ2) is 1.99. The van der Waals surface area contributed by atoms with Crippen LogP contribution in [0.1, 0.15) is 39.5 Å². The predicted octanol–water partition coefficient (Wildman–Crippen LogP) is 1.86. The molecule has 0 radical (unpaired) electrons. The minimum Gasteiger partial charge on any atom is -0.362 e. The minimum atomic E-state index is 0.358. The standard InChI is InChI=1S/C11H15NO/c1-11(2)10-6-7-8(12(10)11)4-3-5-9(7)13/h10H,3-6H2,1-2H3/t10-,12?/m0/s1. The van der Waals surface area contributed by atoms with Crippen LogP contribution in [0, 0.1) is 0 Å². The topological polar surface area (TPSA) is 20.1 Å². The Hall–Kier alpha value is -0.790. The fourth-order valence-corrected chi connectivity index (χ4v) is 3.01. The molecule has 0 unspecified atom stereocenters. The quantitative estimate of drug-likeness (QED) is 0.526. The largest absolute Gasteiger partial charge is 0.362 e. The van der Waals surface area contributed by atoms with E-state index in [4.69, 9.17) is 0 Å². The molecule has 1 saturated heterocycles. The molecule has 2 aliphatic heterocycles. The van der Waals surface area contributed by atoms with Crippen molar-refractivity contribution >= 4 is 5.78 Å². The van der Waals surface area contributed by atoms with Gasteiger partial charge in [0.25, 0.3) is 0 Å². The molecule has 1 aliphatic carbocycles. The van der Waals surface area contributed by atoms with E-state index in [-0.39, 0.29) is 0 Å². The zero-order valence-electron chi connectivity index (χ0n) is 8.26. The molecule has 3 aliphatic rings. The third-order valence-corrected chi connectivity index (χ3v) is 3.87. The predicted molar refractivity (Wildman–Crippen MR) is 50.2 cm³/mol. The Morgan fingerprint density at radius 1 is 1.38 bits per heavy atom. The highest BCUT2D eigenvalue weighted by molar-refractivity contribution is 5.98. The van der Waals surface area contributed by atoms with Crippen LogP contribution in [0.3, 0.4) is 0 Å². The number of Topliss-reactive ketones (excluding diaryl/α,β-unsaturated/α-hetero) is 1. The first-order valence-electron chi connectivity index (χ1n) is 5.17. The van der Waals surface area contributed by atoms with E-state index in [9.17, 15) is 4.79 Å². The number of fused-ring (bicyclic) bond motifs is 2. The van der Waals surface area contributed by atoms with E-state index in [1.807, 2.05) is 0 Å². The Labute approximate surface area is 78.6 Å². The summed E-state index contributed by atoms with van der Waals surface area (Å²) in [7, 11) is 0. The van der Waals surface area contributed by atoms with Gasteiger partial charge in [0, 0.05) is 24.1 Å². The van der Waals surface area contributed by atoms with E-state index >= 15 is 0 Å². The fraction of sp³-hybridized carbons (Fsp3) is 0.727. The van der Waals surface area contributed by atoms with Gasteiger partial charge in [-0.15, -0.1) is 0 Å². The number of carbonyl (C=O) groups excluding carboxylic acids is 1. The normalized spacial score (nSPS) is 34.8. The van der Waals surface area contributed by atoms with Crippen molar-refractivity contribution in [3.63, 3.8) is 0 Å². The molecule has 0 saturated carbocycles. The van der Waals surface area contributed by atoms with Crippen molar-refractivity contribution in [1.29, 1.82) is 0 Å². The van der Waals surface area contributed by atoms with Crippen molar-refractivity contribution in [3.8, 4) is 0 Å². The fourth-order valence-electron chi connectivity index (χ4n) is 3.01. The molecule has 2 heterocycles. The summed E-state index contributed by atoms with van der Waals surface area (Å²) in [6.07, 6.45) is 4.03. The second-order valence-corrected chi connectivity index (χ2v) is 4.95. The van der Waals surface area contributed by atoms with Gasteiger partial charge in [-0.05, 0) is 26.7 Å². The lowest BCUT2D eigenvalue weighted by Gasteiger charge is -2.19. The van der Waals surface area contributed by atoms with Crippen molar-refractivity contribution in [3.05, 3.63) is 11.3 Å². The zero-order chi connectivity index (χ0) is 9.22. The molecule has 0 spiro atoms. The molecule has 3 rings (SSSR count). The van der Waals surface area contributed by atoms with Gasteiger partial charge in [0.1, 0.15) is 0 Å². The van der Waals surface area contributed by atoms with Gasteiger partial charge in [-0.2, -0.15) is 0 Å². The number of rotatable bonds is 0. The van der Waals surface area contributed by atoms with Crippen molar-refractivity contribution in [2.24, 2.45) is 0 Å². The monoisotopic (exact) mass is 177 g/mol. The third-order valence-electron chi connectivity index (χ3n) is 3.87. The van der Waals surface area contributed by atoms with Crippen LogP contribution in [0.15, 0.2) is 11.3 Å². The van der Waals surface area contributed by atoms with Crippen LogP contribution < -0.4 is 0 Å². The summed E-state index contributed by atoms with van der Waals surface area (Å²) < 4.78 is 0. The average Bonchev–Trinajstić information content (AvgIpc) is 2.46. The molecule has 2 heteroatoms. The molecule has 0 bridgehead atoms. The highest BCUT2D eigenvalue weighted by atomic mass is 16.1. The van der Waals surface area contributed by atoms with Gasteiger partial charge < -0.3 is 4.90 Å². The maximum atomic E-state index is 11.6. The van der Waals surface area contributed by atoms with E-state index in [1.165, 1.54) is 5.70 Å². The van der Waals surface area contributed by atoms with Crippen LogP contribution >= 0.6 is 0 Å². The molecule has 13 heavy (non-hydrogen) atoms. The maximum Gasteiger partial charge on any atom is 0.160 e. The zero-order valence-corrected chi connectivity index (χ0v) is 8.26. The van der Waals surface area contributed by atoms with E-state index < -0.39 is 0 Å². The molecule has 0 N–H and O–H groups in total. The summed E-state index contributed by atoms with van der Waals surface area (Å²) in [5, 5.41) is 0. The van der Waals surface area contributed by atoms with Crippen LogP contribution in [0.4, 0.5) is 0 Å². The lowest BCUT2D eigenvalue weighted by Crippen LogP contribution is -2.19. The van der Waals surface area contributed by atoms with Crippen molar-refractivity contribution in [2.75, 3.05) is 0 Å². The molecule has 70 valence electrons. The van der Waals surface area contributed by atoms with Gasteiger partial charge >= 0.3 is 0 Å². The Bertz CT molecular complexity index is 327. The highest BCUT2D eigenvalue weighted by Gasteiger charge is 2.61.